The zero-order chi connectivity index (χ0) is 12.2. The third-order valence-corrected chi connectivity index (χ3v) is 4.58. The fourth-order valence-electron chi connectivity index (χ4n) is 3.63. The number of likely N-dealkylation sites (tertiary alicyclic amines) is 1. The first-order valence-corrected chi connectivity index (χ1v) is 7.40. The van der Waals surface area contributed by atoms with Gasteiger partial charge in [-0.1, -0.05) is 12.8 Å². The van der Waals surface area contributed by atoms with Crippen LogP contribution in [0.3, 0.4) is 0 Å². The average molecular weight is 248 g/mol. The zero-order valence-electron chi connectivity index (χ0n) is 11.1. The maximum atomic E-state index is 5.32. The van der Waals surface area contributed by atoms with E-state index in [0.29, 0.717) is 0 Å². The van der Waals surface area contributed by atoms with Crippen LogP contribution in [-0.2, 0) is 6.54 Å². The predicted molar refractivity (Wildman–Crippen MR) is 72.4 cm³/mol. The summed E-state index contributed by atoms with van der Waals surface area (Å²) >= 11 is 0. The van der Waals surface area contributed by atoms with Gasteiger partial charge in [-0.15, -0.1) is 0 Å². The summed E-state index contributed by atoms with van der Waals surface area (Å²) in [6.07, 6.45) is 8.99. The number of nitrogens with one attached hydrogen (secondary N) is 1. The summed E-state index contributed by atoms with van der Waals surface area (Å²) in [5, 5.41) is 3.47. The summed E-state index contributed by atoms with van der Waals surface area (Å²) in [6, 6.07) is 4.87. The Hall–Kier alpha value is -0.800. The molecule has 1 aliphatic heterocycles. The summed E-state index contributed by atoms with van der Waals surface area (Å²) in [5.74, 6) is 2.04. The molecule has 1 saturated heterocycles. The van der Waals surface area contributed by atoms with Gasteiger partial charge in [-0.25, -0.2) is 0 Å². The van der Waals surface area contributed by atoms with Gasteiger partial charge in [0.15, 0.2) is 0 Å². The van der Waals surface area contributed by atoms with E-state index in [9.17, 15) is 0 Å². The molecular formula is C15H24N2O. The molecule has 2 atom stereocenters. The van der Waals surface area contributed by atoms with Crippen molar-refractivity contribution in [3.8, 4) is 0 Å². The molecule has 0 radical (unpaired) electrons. The van der Waals surface area contributed by atoms with E-state index < -0.39 is 0 Å². The Kier molecular flexibility index (Phi) is 4.01. The van der Waals surface area contributed by atoms with Crippen LogP contribution in [0.4, 0.5) is 0 Å². The molecule has 1 N–H and O–H groups in total. The highest BCUT2D eigenvalue weighted by atomic mass is 16.3. The van der Waals surface area contributed by atoms with Gasteiger partial charge in [0.1, 0.15) is 5.76 Å². The van der Waals surface area contributed by atoms with E-state index in [1.54, 1.807) is 6.26 Å². The number of furan rings is 1. The van der Waals surface area contributed by atoms with Gasteiger partial charge in [0.05, 0.1) is 12.8 Å². The topological polar surface area (TPSA) is 28.4 Å². The molecule has 18 heavy (non-hydrogen) atoms. The van der Waals surface area contributed by atoms with Gasteiger partial charge in [-0.05, 0) is 43.9 Å². The van der Waals surface area contributed by atoms with Gasteiger partial charge in [-0.3, -0.25) is 4.90 Å². The summed E-state index contributed by atoms with van der Waals surface area (Å²) in [4.78, 5) is 2.71. The molecule has 1 aromatic rings. The molecular weight excluding hydrogens is 224 g/mol. The van der Waals surface area contributed by atoms with Crippen molar-refractivity contribution in [2.24, 2.45) is 5.92 Å². The molecule has 2 unspecified atom stereocenters. The number of rotatable bonds is 5. The molecule has 2 heterocycles. The van der Waals surface area contributed by atoms with E-state index in [0.717, 1.165) is 30.8 Å². The number of hydrogen-bond acceptors (Lipinski definition) is 3. The molecule has 1 aromatic heterocycles. The first-order valence-electron chi connectivity index (χ1n) is 7.40. The summed E-state index contributed by atoms with van der Waals surface area (Å²) < 4.78 is 5.32. The van der Waals surface area contributed by atoms with Crippen molar-refractivity contribution < 1.29 is 4.42 Å². The molecule has 0 amide bonds. The van der Waals surface area contributed by atoms with Gasteiger partial charge in [0.2, 0.25) is 0 Å². The minimum atomic E-state index is 0.856. The Morgan fingerprint density at radius 2 is 2.22 bits per heavy atom. The standard InChI is InChI=1S/C15H24N2O/c1-2-6-15-13(4-1)7-9-17(15)10-8-16-12-14-5-3-11-18-14/h3,5,11,13,15-16H,1-2,4,6-10,12H2. The fourth-order valence-corrected chi connectivity index (χ4v) is 3.63. The highest BCUT2D eigenvalue weighted by molar-refractivity contribution is 4.97. The van der Waals surface area contributed by atoms with Crippen LogP contribution in [-0.4, -0.2) is 30.6 Å². The van der Waals surface area contributed by atoms with E-state index in [1.807, 2.05) is 12.1 Å². The maximum Gasteiger partial charge on any atom is 0.117 e. The maximum absolute atomic E-state index is 5.32. The third kappa shape index (κ3) is 2.78. The second kappa shape index (κ2) is 5.89. The third-order valence-electron chi connectivity index (χ3n) is 4.58. The van der Waals surface area contributed by atoms with Crippen molar-refractivity contribution in [3.63, 3.8) is 0 Å². The second-order valence-corrected chi connectivity index (χ2v) is 5.69. The van der Waals surface area contributed by atoms with Gasteiger partial charge in [0, 0.05) is 19.1 Å². The Morgan fingerprint density at radius 1 is 1.28 bits per heavy atom. The van der Waals surface area contributed by atoms with Crippen LogP contribution in [0.25, 0.3) is 0 Å². The van der Waals surface area contributed by atoms with Crippen molar-refractivity contribution in [1.29, 1.82) is 0 Å². The predicted octanol–water partition coefficient (Wildman–Crippen LogP) is 2.63. The smallest absolute Gasteiger partial charge is 0.117 e. The summed E-state index contributed by atoms with van der Waals surface area (Å²) in [5.41, 5.74) is 0. The highest BCUT2D eigenvalue weighted by Crippen LogP contribution is 2.35. The molecule has 2 aliphatic rings. The Morgan fingerprint density at radius 3 is 3.11 bits per heavy atom. The molecule has 3 rings (SSSR count). The molecule has 1 saturated carbocycles. The minimum absolute atomic E-state index is 0.856. The fraction of sp³-hybridized carbons (Fsp3) is 0.733. The van der Waals surface area contributed by atoms with Crippen LogP contribution in [0.1, 0.15) is 37.9 Å². The van der Waals surface area contributed by atoms with E-state index in [2.05, 4.69) is 10.2 Å². The first kappa shape index (κ1) is 12.2. The zero-order valence-corrected chi connectivity index (χ0v) is 11.1. The van der Waals surface area contributed by atoms with Crippen LogP contribution >= 0.6 is 0 Å². The largest absolute Gasteiger partial charge is 0.468 e. The van der Waals surface area contributed by atoms with Gasteiger partial charge >= 0.3 is 0 Å². The normalized spacial score (nSPS) is 28.4. The van der Waals surface area contributed by atoms with Crippen LogP contribution in [0.5, 0.6) is 0 Å². The van der Waals surface area contributed by atoms with E-state index >= 15 is 0 Å². The Labute approximate surface area is 110 Å². The lowest BCUT2D eigenvalue weighted by atomic mass is 9.85. The van der Waals surface area contributed by atoms with E-state index in [4.69, 9.17) is 4.42 Å². The monoisotopic (exact) mass is 248 g/mol. The van der Waals surface area contributed by atoms with Crippen molar-refractivity contribution >= 4 is 0 Å². The lowest BCUT2D eigenvalue weighted by molar-refractivity contribution is 0.183. The minimum Gasteiger partial charge on any atom is -0.468 e. The molecule has 100 valence electrons. The lowest BCUT2D eigenvalue weighted by Gasteiger charge is -2.31. The summed E-state index contributed by atoms with van der Waals surface area (Å²) in [6.45, 7) is 4.44. The van der Waals surface area contributed by atoms with Crippen molar-refractivity contribution in [2.75, 3.05) is 19.6 Å². The van der Waals surface area contributed by atoms with Crippen molar-refractivity contribution in [1.82, 2.24) is 10.2 Å². The molecule has 0 aromatic carbocycles. The van der Waals surface area contributed by atoms with Crippen molar-refractivity contribution in [3.05, 3.63) is 24.2 Å². The van der Waals surface area contributed by atoms with Crippen LogP contribution in [0.15, 0.2) is 22.8 Å². The molecule has 3 heteroatoms. The van der Waals surface area contributed by atoms with Crippen LogP contribution in [0.2, 0.25) is 0 Å². The van der Waals surface area contributed by atoms with Gasteiger partial charge in [0.25, 0.3) is 0 Å². The highest BCUT2D eigenvalue weighted by Gasteiger charge is 2.34. The molecule has 0 bridgehead atoms. The first-order chi connectivity index (χ1) is 8.93. The van der Waals surface area contributed by atoms with Gasteiger partial charge < -0.3 is 9.73 Å². The number of nitrogens with zero attached hydrogens (tertiary/aromatic N) is 1. The van der Waals surface area contributed by atoms with Gasteiger partial charge in [-0.2, -0.15) is 0 Å². The van der Waals surface area contributed by atoms with E-state index in [-0.39, 0.29) is 0 Å². The summed E-state index contributed by atoms with van der Waals surface area (Å²) in [7, 11) is 0. The molecule has 3 nitrogen and oxygen atoms in total. The van der Waals surface area contributed by atoms with Crippen LogP contribution in [0, 0.1) is 5.92 Å². The number of hydrogen-bond donors (Lipinski definition) is 1. The molecule has 0 spiro atoms. The van der Waals surface area contributed by atoms with E-state index in [1.165, 1.54) is 45.2 Å². The second-order valence-electron chi connectivity index (χ2n) is 5.69. The quantitative estimate of drug-likeness (QED) is 0.812. The van der Waals surface area contributed by atoms with Crippen molar-refractivity contribution in [2.45, 2.75) is 44.7 Å². The Bertz CT molecular complexity index is 349. The lowest BCUT2D eigenvalue weighted by Crippen LogP contribution is -2.38. The molecule has 2 fully saturated rings. The Balaban J connectivity index is 1.38. The average Bonchev–Trinajstić information content (AvgIpc) is 3.04. The van der Waals surface area contributed by atoms with Crippen LogP contribution < -0.4 is 5.32 Å². The SMILES string of the molecule is c1coc(CNCCN2CCC3CCCCC32)c1. The number of fused-ring (bicyclic) bond motifs is 1. The molecule has 1 aliphatic carbocycles.